The van der Waals surface area contributed by atoms with E-state index in [1.54, 1.807) is 22.1 Å². The van der Waals surface area contributed by atoms with E-state index in [-0.39, 0.29) is 29.9 Å². The van der Waals surface area contributed by atoms with Gasteiger partial charge in [0.25, 0.3) is 0 Å². The molecule has 0 radical (unpaired) electrons. The van der Waals surface area contributed by atoms with E-state index in [2.05, 4.69) is 20.5 Å². The standard InChI is InChI=1S/C32H47N7O5/c1-31(2,3)27(40)37-19-21-38(22-20-37)28(41)34-26-14-18-39(29(42)35-26)25-9-7-23(8-10-25)11-15-36-16-12-24(13-17-36)33-30(43)44-32(4,5)6/h7-10,14,18,24H,11-13,15-17,19-22H2,1-6H3,(H,33,43)(H,34,35,41,42). The Labute approximate surface area is 259 Å². The number of urea groups is 1. The first kappa shape index (κ1) is 33.0. The molecule has 240 valence electrons. The Bertz CT molecular complexity index is 1360. The fourth-order valence-corrected chi connectivity index (χ4v) is 5.33. The maximum absolute atomic E-state index is 12.8. The van der Waals surface area contributed by atoms with Crippen LogP contribution in [0.4, 0.5) is 15.4 Å². The normalized spacial score (nSPS) is 16.9. The van der Waals surface area contributed by atoms with Crippen LogP contribution in [0.3, 0.4) is 0 Å². The number of nitrogens with zero attached hydrogens (tertiary/aromatic N) is 5. The molecule has 0 spiro atoms. The summed E-state index contributed by atoms with van der Waals surface area (Å²) in [6.45, 7) is 15.8. The third kappa shape index (κ3) is 9.28. The molecule has 2 saturated heterocycles. The lowest BCUT2D eigenvalue weighted by atomic mass is 9.94. The number of alkyl carbamates (subject to hydrolysis) is 1. The lowest BCUT2D eigenvalue weighted by Crippen LogP contribution is -2.53. The number of piperidine rings is 1. The molecule has 44 heavy (non-hydrogen) atoms. The summed E-state index contributed by atoms with van der Waals surface area (Å²) in [5, 5.41) is 5.69. The van der Waals surface area contributed by atoms with E-state index in [9.17, 15) is 19.2 Å². The molecule has 0 bridgehead atoms. The Balaban J connectivity index is 1.22. The van der Waals surface area contributed by atoms with E-state index in [1.165, 1.54) is 4.57 Å². The van der Waals surface area contributed by atoms with Gasteiger partial charge < -0.3 is 24.8 Å². The summed E-state index contributed by atoms with van der Waals surface area (Å²) in [5.74, 6) is 0.258. The predicted molar refractivity (Wildman–Crippen MR) is 169 cm³/mol. The first-order valence-corrected chi connectivity index (χ1v) is 15.4. The summed E-state index contributed by atoms with van der Waals surface area (Å²) >= 11 is 0. The topological polar surface area (TPSA) is 129 Å². The summed E-state index contributed by atoms with van der Waals surface area (Å²) < 4.78 is 6.81. The first-order chi connectivity index (χ1) is 20.7. The molecular weight excluding hydrogens is 562 g/mol. The molecule has 4 rings (SSSR count). The Morgan fingerprint density at radius 3 is 2.07 bits per heavy atom. The van der Waals surface area contributed by atoms with E-state index >= 15 is 0 Å². The van der Waals surface area contributed by atoms with Gasteiger partial charge in [-0.3, -0.25) is 14.7 Å². The van der Waals surface area contributed by atoms with Crippen LogP contribution < -0.4 is 16.3 Å². The quantitative estimate of drug-likeness (QED) is 0.513. The van der Waals surface area contributed by atoms with Gasteiger partial charge in [0, 0.05) is 63.5 Å². The third-order valence-corrected chi connectivity index (χ3v) is 7.77. The van der Waals surface area contributed by atoms with Crippen molar-refractivity contribution in [3.8, 4) is 5.69 Å². The van der Waals surface area contributed by atoms with E-state index in [1.807, 2.05) is 65.8 Å². The zero-order valence-electron chi connectivity index (χ0n) is 26.9. The number of rotatable bonds is 6. The molecule has 12 nitrogen and oxygen atoms in total. The average Bonchev–Trinajstić information content (AvgIpc) is 2.95. The fraction of sp³-hybridized carbons (Fsp3) is 0.594. The van der Waals surface area contributed by atoms with Gasteiger partial charge in [-0.2, -0.15) is 4.98 Å². The van der Waals surface area contributed by atoms with Crippen molar-refractivity contribution in [2.24, 2.45) is 5.41 Å². The minimum atomic E-state index is -0.501. The maximum Gasteiger partial charge on any atom is 0.407 e. The van der Waals surface area contributed by atoms with E-state index in [0.717, 1.165) is 44.5 Å². The third-order valence-electron chi connectivity index (χ3n) is 7.77. The van der Waals surface area contributed by atoms with Crippen molar-refractivity contribution in [1.29, 1.82) is 0 Å². The zero-order chi connectivity index (χ0) is 32.1. The Morgan fingerprint density at radius 1 is 0.886 bits per heavy atom. The zero-order valence-corrected chi connectivity index (χ0v) is 26.9. The number of nitrogens with one attached hydrogen (secondary N) is 2. The molecular formula is C32H47N7O5. The molecule has 1 aromatic heterocycles. The number of piperazine rings is 1. The number of amides is 4. The number of likely N-dealkylation sites (tertiary alicyclic amines) is 1. The number of aromatic nitrogens is 2. The summed E-state index contributed by atoms with van der Waals surface area (Å²) in [7, 11) is 0. The lowest BCUT2D eigenvalue weighted by molar-refractivity contribution is -0.140. The van der Waals surface area contributed by atoms with Gasteiger partial charge in [-0.15, -0.1) is 0 Å². The number of carbonyl (C=O) groups excluding carboxylic acids is 3. The second kappa shape index (κ2) is 13.8. The highest BCUT2D eigenvalue weighted by Gasteiger charge is 2.31. The van der Waals surface area contributed by atoms with Crippen LogP contribution >= 0.6 is 0 Å². The molecule has 0 atom stereocenters. The molecule has 2 aliphatic rings. The van der Waals surface area contributed by atoms with Crippen LogP contribution in [0.15, 0.2) is 41.3 Å². The molecule has 0 saturated carbocycles. The van der Waals surface area contributed by atoms with E-state index in [4.69, 9.17) is 4.74 Å². The lowest BCUT2D eigenvalue weighted by Gasteiger charge is -2.37. The largest absolute Gasteiger partial charge is 0.444 e. The second-order valence-corrected chi connectivity index (χ2v) is 13.6. The van der Waals surface area contributed by atoms with Crippen molar-refractivity contribution in [3.05, 3.63) is 52.6 Å². The number of hydrogen-bond donors (Lipinski definition) is 2. The van der Waals surface area contributed by atoms with Crippen LogP contribution in [0.2, 0.25) is 0 Å². The van der Waals surface area contributed by atoms with Crippen molar-refractivity contribution < 1.29 is 19.1 Å². The van der Waals surface area contributed by atoms with Crippen LogP contribution in [-0.2, 0) is 16.0 Å². The van der Waals surface area contributed by atoms with E-state index in [0.29, 0.717) is 31.9 Å². The molecule has 3 heterocycles. The van der Waals surface area contributed by atoms with Gasteiger partial charge in [-0.25, -0.2) is 14.4 Å². The molecule has 12 heteroatoms. The van der Waals surface area contributed by atoms with Gasteiger partial charge in [0.05, 0.1) is 5.69 Å². The number of ether oxygens (including phenoxy) is 1. The van der Waals surface area contributed by atoms with Crippen LogP contribution in [0.5, 0.6) is 0 Å². The van der Waals surface area contributed by atoms with Crippen molar-refractivity contribution in [3.63, 3.8) is 0 Å². The van der Waals surface area contributed by atoms with Gasteiger partial charge in [0.1, 0.15) is 11.4 Å². The van der Waals surface area contributed by atoms with Crippen LogP contribution in [0, 0.1) is 5.41 Å². The maximum atomic E-state index is 12.8. The first-order valence-electron chi connectivity index (χ1n) is 15.4. The average molecular weight is 610 g/mol. The highest BCUT2D eigenvalue weighted by Crippen LogP contribution is 2.19. The van der Waals surface area contributed by atoms with Crippen molar-refractivity contribution >= 4 is 23.8 Å². The highest BCUT2D eigenvalue weighted by molar-refractivity contribution is 5.88. The molecule has 2 N–H and O–H groups in total. The van der Waals surface area contributed by atoms with Crippen LogP contribution in [0.1, 0.15) is 59.9 Å². The second-order valence-electron chi connectivity index (χ2n) is 13.6. The number of anilines is 1. The van der Waals surface area contributed by atoms with Crippen molar-refractivity contribution in [1.82, 2.24) is 29.6 Å². The summed E-state index contributed by atoms with van der Waals surface area (Å²) in [6.07, 6.45) is 3.90. The minimum Gasteiger partial charge on any atom is -0.444 e. The van der Waals surface area contributed by atoms with Crippen LogP contribution in [-0.4, -0.2) is 99.7 Å². The number of hydrogen-bond acceptors (Lipinski definition) is 7. The number of carbonyl (C=O) groups is 3. The Morgan fingerprint density at radius 2 is 1.50 bits per heavy atom. The monoisotopic (exact) mass is 609 g/mol. The fourth-order valence-electron chi connectivity index (χ4n) is 5.33. The van der Waals surface area contributed by atoms with Crippen molar-refractivity contribution in [2.75, 3.05) is 51.1 Å². The Kier molecular flexibility index (Phi) is 10.3. The van der Waals surface area contributed by atoms with Gasteiger partial charge in [0.15, 0.2) is 0 Å². The molecule has 4 amide bonds. The highest BCUT2D eigenvalue weighted by atomic mass is 16.6. The Hall–Kier alpha value is -3.93. The van der Waals surface area contributed by atoms with Gasteiger partial charge in [-0.05, 0) is 63.8 Å². The smallest absolute Gasteiger partial charge is 0.407 e. The van der Waals surface area contributed by atoms with Gasteiger partial charge in [0.2, 0.25) is 5.91 Å². The summed E-state index contributed by atoms with van der Waals surface area (Å²) in [6, 6.07) is 9.21. The van der Waals surface area contributed by atoms with Gasteiger partial charge in [-0.1, -0.05) is 32.9 Å². The van der Waals surface area contributed by atoms with E-state index < -0.39 is 16.7 Å². The SMILES string of the molecule is CC(C)(C)OC(=O)NC1CCN(CCc2ccc(-n3ccc(NC(=O)N4CCN(C(=O)C(C)(C)C)CC4)nc3=O)cc2)CC1. The summed E-state index contributed by atoms with van der Waals surface area (Å²) in [4.78, 5) is 60.0. The predicted octanol–water partition coefficient (Wildman–Crippen LogP) is 3.49. The molecule has 0 aliphatic carbocycles. The molecule has 2 fully saturated rings. The molecule has 2 aromatic rings. The number of benzene rings is 1. The molecule has 2 aliphatic heterocycles. The van der Waals surface area contributed by atoms with Crippen LogP contribution in [0.25, 0.3) is 5.69 Å². The minimum absolute atomic E-state index is 0.0714. The summed E-state index contributed by atoms with van der Waals surface area (Å²) in [5.41, 5.74) is 0.411. The van der Waals surface area contributed by atoms with Gasteiger partial charge >= 0.3 is 17.8 Å². The molecule has 1 aromatic carbocycles. The van der Waals surface area contributed by atoms with Crippen molar-refractivity contribution in [2.45, 2.75) is 72.4 Å². The molecule has 0 unspecified atom stereocenters.